The Morgan fingerprint density at radius 2 is 2.09 bits per heavy atom. The zero-order chi connectivity index (χ0) is 15.6. The number of fused-ring (bicyclic) bond motifs is 1. The fourth-order valence-corrected chi connectivity index (χ4v) is 2.79. The molecule has 3 aromatic heterocycles. The Labute approximate surface area is 133 Å². The Morgan fingerprint density at radius 1 is 1.22 bits per heavy atom. The summed E-state index contributed by atoms with van der Waals surface area (Å²) in [7, 11) is 1.65. The molecule has 0 unspecified atom stereocenters. The molecule has 0 amide bonds. The van der Waals surface area contributed by atoms with Crippen molar-refractivity contribution in [1.82, 2.24) is 19.4 Å². The Morgan fingerprint density at radius 3 is 2.91 bits per heavy atom. The number of pyridine rings is 1. The Balaban J connectivity index is 1.81. The van der Waals surface area contributed by atoms with Gasteiger partial charge in [0.15, 0.2) is 11.5 Å². The van der Waals surface area contributed by atoms with Crippen LogP contribution in [0.25, 0.3) is 16.9 Å². The molecule has 1 saturated heterocycles. The third kappa shape index (κ3) is 2.49. The molecule has 3 aromatic rings. The quantitative estimate of drug-likeness (QED) is 0.732. The zero-order valence-electron chi connectivity index (χ0n) is 12.8. The number of anilines is 1. The topological polar surface area (TPSA) is 64.8 Å². The van der Waals surface area contributed by atoms with E-state index in [-0.39, 0.29) is 0 Å². The third-order valence-electron chi connectivity index (χ3n) is 3.94. The molecule has 0 atom stereocenters. The molecule has 0 saturated carbocycles. The Kier molecular flexibility index (Phi) is 3.55. The lowest BCUT2D eigenvalue weighted by molar-refractivity contribution is 0.122. The molecule has 4 rings (SSSR count). The minimum absolute atomic E-state index is 0.715. The number of rotatable bonds is 3. The van der Waals surface area contributed by atoms with Gasteiger partial charge in [0.2, 0.25) is 0 Å². The van der Waals surface area contributed by atoms with Gasteiger partial charge in [-0.25, -0.2) is 9.97 Å². The molecule has 23 heavy (non-hydrogen) atoms. The average molecular weight is 311 g/mol. The molecule has 1 fully saturated rings. The van der Waals surface area contributed by atoms with Crippen LogP contribution < -0.4 is 9.64 Å². The van der Waals surface area contributed by atoms with Crippen LogP contribution in [0.4, 0.5) is 5.82 Å². The van der Waals surface area contributed by atoms with Gasteiger partial charge in [0.1, 0.15) is 5.75 Å². The van der Waals surface area contributed by atoms with Crippen molar-refractivity contribution in [1.29, 1.82) is 0 Å². The number of ether oxygens (including phenoxy) is 2. The summed E-state index contributed by atoms with van der Waals surface area (Å²) in [5, 5.41) is 0. The van der Waals surface area contributed by atoms with E-state index in [1.165, 1.54) is 0 Å². The molecule has 0 bridgehead atoms. The second kappa shape index (κ2) is 5.85. The smallest absolute Gasteiger partial charge is 0.180 e. The second-order valence-electron chi connectivity index (χ2n) is 5.28. The van der Waals surface area contributed by atoms with E-state index in [4.69, 9.17) is 14.5 Å². The summed E-state index contributed by atoms with van der Waals surface area (Å²) in [6, 6.07) is 1.83. The number of morpholine rings is 1. The SMILES string of the molecule is COc1ccncc1-c1cn2ccnc(N3CCOCC3)c2n1. The molecule has 0 spiro atoms. The lowest BCUT2D eigenvalue weighted by atomic mass is 10.2. The van der Waals surface area contributed by atoms with E-state index in [0.717, 1.165) is 41.6 Å². The van der Waals surface area contributed by atoms with E-state index < -0.39 is 0 Å². The molecule has 0 aliphatic carbocycles. The van der Waals surface area contributed by atoms with Crippen LogP contribution in [0, 0.1) is 0 Å². The third-order valence-corrected chi connectivity index (χ3v) is 3.94. The maximum Gasteiger partial charge on any atom is 0.180 e. The lowest BCUT2D eigenvalue weighted by Crippen LogP contribution is -2.37. The number of hydrogen-bond acceptors (Lipinski definition) is 6. The van der Waals surface area contributed by atoms with Gasteiger partial charge in [-0.15, -0.1) is 0 Å². The van der Waals surface area contributed by atoms with Crippen molar-refractivity contribution in [3.05, 3.63) is 37.1 Å². The first-order valence-corrected chi connectivity index (χ1v) is 7.51. The fourth-order valence-electron chi connectivity index (χ4n) is 2.79. The number of aromatic nitrogens is 4. The van der Waals surface area contributed by atoms with E-state index in [1.54, 1.807) is 25.7 Å². The largest absolute Gasteiger partial charge is 0.496 e. The van der Waals surface area contributed by atoms with Gasteiger partial charge < -0.3 is 18.8 Å². The normalized spacial score (nSPS) is 15.1. The maximum absolute atomic E-state index is 5.42. The van der Waals surface area contributed by atoms with E-state index in [9.17, 15) is 0 Å². The first-order chi connectivity index (χ1) is 11.4. The Bertz CT molecular complexity index is 826. The van der Waals surface area contributed by atoms with Crippen molar-refractivity contribution in [2.75, 3.05) is 38.3 Å². The highest BCUT2D eigenvalue weighted by Gasteiger charge is 2.18. The van der Waals surface area contributed by atoms with Gasteiger partial charge in [-0.2, -0.15) is 0 Å². The van der Waals surface area contributed by atoms with Crippen molar-refractivity contribution in [2.24, 2.45) is 0 Å². The summed E-state index contributed by atoms with van der Waals surface area (Å²) in [6.07, 6.45) is 9.14. The predicted octanol–water partition coefficient (Wildman–Crippen LogP) is 1.64. The van der Waals surface area contributed by atoms with Crippen molar-refractivity contribution in [3.63, 3.8) is 0 Å². The predicted molar refractivity (Wildman–Crippen MR) is 85.8 cm³/mol. The molecule has 0 aromatic carbocycles. The molecule has 4 heterocycles. The van der Waals surface area contributed by atoms with Crippen LogP contribution in [0.5, 0.6) is 5.75 Å². The van der Waals surface area contributed by atoms with E-state index >= 15 is 0 Å². The van der Waals surface area contributed by atoms with Crippen LogP contribution in [-0.4, -0.2) is 52.8 Å². The highest BCUT2D eigenvalue weighted by Crippen LogP contribution is 2.29. The zero-order valence-corrected chi connectivity index (χ0v) is 12.8. The number of imidazole rings is 1. The first kappa shape index (κ1) is 14.0. The van der Waals surface area contributed by atoms with E-state index in [0.29, 0.717) is 13.2 Å². The summed E-state index contributed by atoms with van der Waals surface area (Å²) < 4.78 is 12.8. The molecule has 1 aliphatic heterocycles. The minimum Gasteiger partial charge on any atom is -0.496 e. The molecule has 0 N–H and O–H groups in total. The Hall–Kier alpha value is -2.67. The van der Waals surface area contributed by atoms with Gasteiger partial charge in [-0.1, -0.05) is 0 Å². The summed E-state index contributed by atoms with van der Waals surface area (Å²) in [5.74, 6) is 1.63. The van der Waals surface area contributed by atoms with Gasteiger partial charge >= 0.3 is 0 Å². The number of hydrogen-bond donors (Lipinski definition) is 0. The van der Waals surface area contributed by atoms with Crippen molar-refractivity contribution < 1.29 is 9.47 Å². The van der Waals surface area contributed by atoms with Crippen molar-refractivity contribution >= 4 is 11.5 Å². The van der Waals surface area contributed by atoms with E-state index in [1.807, 2.05) is 22.9 Å². The number of methoxy groups -OCH3 is 1. The van der Waals surface area contributed by atoms with Gasteiger partial charge in [0.25, 0.3) is 0 Å². The van der Waals surface area contributed by atoms with Gasteiger partial charge in [-0.05, 0) is 6.07 Å². The molecular weight excluding hydrogens is 294 g/mol. The molecule has 118 valence electrons. The molecular formula is C16H17N5O2. The standard InChI is InChI=1S/C16H17N5O2/c1-22-14-2-3-17-10-12(14)13-11-21-5-4-18-15(16(21)19-13)20-6-8-23-9-7-20/h2-5,10-11H,6-9H2,1H3. The van der Waals surface area contributed by atoms with Gasteiger partial charge in [0, 0.05) is 44.1 Å². The maximum atomic E-state index is 5.42. The summed E-state index contributed by atoms with van der Waals surface area (Å²) in [5.41, 5.74) is 2.51. The van der Waals surface area contributed by atoms with Crippen molar-refractivity contribution in [2.45, 2.75) is 0 Å². The molecule has 1 aliphatic rings. The number of nitrogens with zero attached hydrogens (tertiary/aromatic N) is 5. The van der Waals surface area contributed by atoms with E-state index in [2.05, 4.69) is 14.9 Å². The van der Waals surface area contributed by atoms with Gasteiger partial charge in [0.05, 0.1) is 31.6 Å². The monoisotopic (exact) mass is 311 g/mol. The lowest BCUT2D eigenvalue weighted by Gasteiger charge is -2.27. The van der Waals surface area contributed by atoms with Crippen LogP contribution in [0.3, 0.4) is 0 Å². The summed E-state index contributed by atoms with van der Waals surface area (Å²) >= 11 is 0. The van der Waals surface area contributed by atoms with Crippen molar-refractivity contribution in [3.8, 4) is 17.0 Å². The van der Waals surface area contributed by atoms with Crippen LogP contribution in [0.15, 0.2) is 37.1 Å². The second-order valence-corrected chi connectivity index (χ2v) is 5.28. The highest BCUT2D eigenvalue weighted by atomic mass is 16.5. The highest BCUT2D eigenvalue weighted by molar-refractivity contribution is 5.73. The fraction of sp³-hybridized carbons (Fsp3) is 0.312. The van der Waals surface area contributed by atoms with Crippen LogP contribution >= 0.6 is 0 Å². The molecule has 7 heteroatoms. The summed E-state index contributed by atoms with van der Waals surface area (Å²) in [6.45, 7) is 3.08. The van der Waals surface area contributed by atoms with Crippen LogP contribution in [0.2, 0.25) is 0 Å². The first-order valence-electron chi connectivity index (χ1n) is 7.51. The van der Waals surface area contributed by atoms with Gasteiger partial charge in [-0.3, -0.25) is 4.98 Å². The average Bonchev–Trinajstić information content (AvgIpc) is 3.06. The summed E-state index contributed by atoms with van der Waals surface area (Å²) in [4.78, 5) is 15.7. The van der Waals surface area contributed by atoms with Crippen LogP contribution in [-0.2, 0) is 4.74 Å². The van der Waals surface area contributed by atoms with Crippen LogP contribution in [0.1, 0.15) is 0 Å². The minimum atomic E-state index is 0.715. The molecule has 0 radical (unpaired) electrons. The molecule has 7 nitrogen and oxygen atoms in total.